The van der Waals surface area contributed by atoms with Crippen LogP contribution >= 0.6 is 0 Å². The first-order valence-electron chi connectivity index (χ1n) is 6.90. The fraction of sp³-hybridized carbons (Fsp3) is 0.625. The van der Waals surface area contributed by atoms with Crippen LogP contribution in [0.15, 0.2) is 18.2 Å². The van der Waals surface area contributed by atoms with Crippen LogP contribution in [0.5, 0.6) is 11.5 Å². The van der Waals surface area contributed by atoms with Crippen molar-refractivity contribution in [3.8, 4) is 11.5 Å². The summed E-state index contributed by atoms with van der Waals surface area (Å²) in [6, 6.07) is 6.04. The van der Waals surface area contributed by atoms with E-state index < -0.39 is 0 Å². The van der Waals surface area contributed by atoms with Gasteiger partial charge in [0.2, 0.25) is 0 Å². The van der Waals surface area contributed by atoms with E-state index in [2.05, 4.69) is 39.6 Å². The average Bonchev–Trinajstić information content (AvgIpc) is 2.31. The highest BCUT2D eigenvalue weighted by molar-refractivity contribution is 5.41. The Hall–Kier alpha value is -1.22. The SMILES string of the molecule is CCOc1cc(CN(C)C(C)C(C)(C)C)ccc1O. The fourth-order valence-corrected chi connectivity index (χ4v) is 2.01. The van der Waals surface area contributed by atoms with Crippen molar-refractivity contribution < 1.29 is 9.84 Å². The van der Waals surface area contributed by atoms with Crippen molar-refractivity contribution in [1.82, 2.24) is 4.90 Å². The highest BCUT2D eigenvalue weighted by Crippen LogP contribution is 2.29. The molecule has 0 aliphatic heterocycles. The molecular formula is C16H27NO2. The van der Waals surface area contributed by atoms with E-state index in [1.165, 1.54) is 0 Å². The zero-order valence-corrected chi connectivity index (χ0v) is 13.0. The summed E-state index contributed by atoms with van der Waals surface area (Å²) in [4.78, 5) is 2.32. The minimum atomic E-state index is 0.206. The summed E-state index contributed by atoms with van der Waals surface area (Å²) in [5.41, 5.74) is 1.40. The van der Waals surface area contributed by atoms with Gasteiger partial charge in [-0.25, -0.2) is 0 Å². The molecule has 0 heterocycles. The van der Waals surface area contributed by atoms with Gasteiger partial charge in [0.25, 0.3) is 0 Å². The molecule has 1 N–H and O–H groups in total. The van der Waals surface area contributed by atoms with E-state index in [0.29, 0.717) is 18.4 Å². The maximum atomic E-state index is 9.70. The van der Waals surface area contributed by atoms with Crippen molar-refractivity contribution in [2.24, 2.45) is 5.41 Å². The second-order valence-electron chi connectivity index (χ2n) is 6.19. The molecule has 0 saturated carbocycles. The second kappa shape index (κ2) is 6.29. The van der Waals surface area contributed by atoms with Crippen molar-refractivity contribution in [3.05, 3.63) is 23.8 Å². The molecule has 1 aromatic carbocycles. The highest BCUT2D eigenvalue weighted by atomic mass is 16.5. The molecule has 0 aliphatic rings. The van der Waals surface area contributed by atoms with Crippen LogP contribution < -0.4 is 4.74 Å². The summed E-state index contributed by atoms with van der Waals surface area (Å²) in [5, 5.41) is 9.70. The first-order valence-corrected chi connectivity index (χ1v) is 6.90. The first-order chi connectivity index (χ1) is 8.75. The fourth-order valence-electron chi connectivity index (χ4n) is 2.01. The zero-order valence-electron chi connectivity index (χ0n) is 13.0. The number of phenolic OH excluding ortho intramolecular Hbond substituents is 1. The van der Waals surface area contributed by atoms with Gasteiger partial charge in [-0.2, -0.15) is 0 Å². The minimum absolute atomic E-state index is 0.206. The maximum absolute atomic E-state index is 9.70. The number of nitrogens with zero attached hydrogens (tertiary/aromatic N) is 1. The lowest BCUT2D eigenvalue weighted by Gasteiger charge is -2.35. The number of aromatic hydroxyl groups is 1. The number of hydrogen-bond acceptors (Lipinski definition) is 3. The van der Waals surface area contributed by atoms with Gasteiger partial charge in [0.05, 0.1) is 6.61 Å². The van der Waals surface area contributed by atoms with Crippen LogP contribution in [0.1, 0.15) is 40.2 Å². The number of benzene rings is 1. The molecule has 3 heteroatoms. The Morgan fingerprint density at radius 2 is 1.95 bits per heavy atom. The lowest BCUT2D eigenvalue weighted by molar-refractivity contribution is 0.134. The Kier molecular flexibility index (Phi) is 5.24. The molecule has 1 unspecified atom stereocenters. The van der Waals surface area contributed by atoms with Crippen molar-refractivity contribution in [2.75, 3.05) is 13.7 Å². The van der Waals surface area contributed by atoms with Crippen molar-refractivity contribution in [2.45, 2.75) is 47.2 Å². The quantitative estimate of drug-likeness (QED) is 0.882. The molecule has 0 amide bonds. The highest BCUT2D eigenvalue weighted by Gasteiger charge is 2.23. The van der Waals surface area contributed by atoms with Crippen LogP contribution in [0.25, 0.3) is 0 Å². The molecule has 0 aromatic heterocycles. The number of hydrogen-bond donors (Lipinski definition) is 1. The van der Waals surface area contributed by atoms with Gasteiger partial charge >= 0.3 is 0 Å². The normalized spacial score (nSPS) is 13.6. The Morgan fingerprint density at radius 3 is 2.47 bits per heavy atom. The standard InChI is InChI=1S/C16H27NO2/c1-7-19-15-10-13(8-9-14(15)18)11-17(6)12(2)16(3,4)5/h8-10,12,18H,7,11H2,1-6H3. The van der Waals surface area contributed by atoms with Crippen molar-refractivity contribution in [3.63, 3.8) is 0 Å². The third kappa shape index (κ3) is 4.43. The smallest absolute Gasteiger partial charge is 0.161 e. The van der Waals surface area contributed by atoms with Gasteiger partial charge < -0.3 is 9.84 Å². The third-order valence-corrected chi connectivity index (χ3v) is 3.67. The van der Waals surface area contributed by atoms with Crippen molar-refractivity contribution >= 4 is 0 Å². The zero-order chi connectivity index (χ0) is 14.6. The van der Waals surface area contributed by atoms with Gasteiger partial charge in [-0.05, 0) is 44.0 Å². The molecule has 1 rings (SSSR count). The van der Waals surface area contributed by atoms with Gasteiger partial charge in [-0.1, -0.05) is 26.8 Å². The van der Waals surface area contributed by atoms with Crippen LogP contribution in [-0.4, -0.2) is 29.7 Å². The second-order valence-corrected chi connectivity index (χ2v) is 6.19. The van der Waals surface area contributed by atoms with E-state index in [0.717, 1.165) is 12.1 Å². The van der Waals surface area contributed by atoms with Gasteiger partial charge in [0.15, 0.2) is 11.5 Å². The lowest BCUT2D eigenvalue weighted by atomic mass is 9.87. The van der Waals surface area contributed by atoms with E-state index in [1.807, 2.05) is 19.1 Å². The molecule has 108 valence electrons. The van der Waals surface area contributed by atoms with E-state index in [1.54, 1.807) is 6.07 Å². The Morgan fingerprint density at radius 1 is 1.32 bits per heavy atom. The van der Waals surface area contributed by atoms with E-state index >= 15 is 0 Å². The first kappa shape index (κ1) is 15.8. The molecule has 0 spiro atoms. The molecule has 0 radical (unpaired) electrons. The molecule has 19 heavy (non-hydrogen) atoms. The minimum Gasteiger partial charge on any atom is -0.504 e. The number of rotatable bonds is 5. The van der Waals surface area contributed by atoms with Gasteiger partial charge in [0, 0.05) is 12.6 Å². The molecule has 0 fully saturated rings. The predicted octanol–water partition coefficient (Wildman–Crippen LogP) is 3.66. The Balaban J connectivity index is 2.79. The largest absolute Gasteiger partial charge is 0.504 e. The molecule has 0 saturated heterocycles. The molecular weight excluding hydrogens is 238 g/mol. The summed E-state index contributed by atoms with van der Waals surface area (Å²) in [5.74, 6) is 0.772. The van der Waals surface area contributed by atoms with Crippen LogP contribution in [0.2, 0.25) is 0 Å². The predicted molar refractivity (Wildman–Crippen MR) is 79.7 cm³/mol. The summed E-state index contributed by atoms with van der Waals surface area (Å²) >= 11 is 0. The van der Waals surface area contributed by atoms with Crippen molar-refractivity contribution in [1.29, 1.82) is 0 Å². The molecule has 1 atom stereocenters. The summed E-state index contributed by atoms with van der Waals surface area (Å²) in [6.07, 6.45) is 0. The van der Waals surface area contributed by atoms with E-state index in [9.17, 15) is 5.11 Å². The van der Waals surface area contributed by atoms with Crippen LogP contribution in [0, 0.1) is 5.41 Å². The topological polar surface area (TPSA) is 32.7 Å². The summed E-state index contributed by atoms with van der Waals surface area (Å²) in [7, 11) is 2.13. The summed E-state index contributed by atoms with van der Waals surface area (Å²) < 4.78 is 5.42. The summed E-state index contributed by atoms with van der Waals surface area (Å²) in [6.45, 7) is 12.3. The molecule has 1 aromatic rings. The average molecular weight is 265 g/mol. The Bertz CT molecular complexity index is 410. The molecule has 3 nitrogen and oxygen atoms in total. The van der Waals surface area contributed by atoms with Crippen LogP contribution in [0.3, 0.4) is 0 Å². The van der Waals surface area contributed by atoms with Crippen LogP contribution in [-0.2, 0) is 6.54 Å². The molecule has 0 aliphatic carbocycles. The molecule has 0 bridgehead atoms. The monoisotopic (exact) mass is 265 g/mol. The van der Waals surface area contributed by atoms with Crippen LogP contribution in [0.4, 0.5) is 0 Å². The number of ether oxygens (including phenoxy) is 1. The maximum Gasteiger partial charge on any atom is 0.161 e. The Labute approximate surface area is 117 Å². The third-order valence-electron chi connectivity index (χ3n) is 3.67. The lowest BCUT2D eigenvalue weighted by Crippen LogP contribution is -2.38. The van der Waals surface area contributed by atoms with Gasteiger partial charge in [-0.15, -0.1) is 0 Å². The number of phenols is 1. The van der Waals surface area contributed by atoms with E-state index in [-0.39, 0.29) is 11.2 Å². The van der Waals surface area contributed by atoms with Gasteiger partial charge in [-0.3, -0.25) is 4.90 Å². The van der Waals surface area contributed by atoms with E-state index in [4.69, 9.17) is 4.74 Å². The van der Waals surface area contributed by atoms with Gasteiger partial charge in [0.1, 0.15) is 0 Å².